The largest absolute Gasteiger partial charge is 0.480 e. The van der Waals surface area contributed by atoms with E-state index in [1.165, 1.54) is 0 Å². The summed E-state index contributed by atoms with van der Waals surface area (Å²) in [5, 5.41) is 21.2. The Morgan fingerprint density at radius 1 is 0.853 bits per heavy atom. The maximum absolute atomic E-state index is 14.1. The molecule has 0 saturated heterocycles. The Labute approximate surface area is 201 Å². The molecule has 0 aliphatic heterocycles. The Bertz CT molecular complexity index is 990. The molecule has 0 aromatic heterocycles. The van der Waals surface area contributed by atoms with Crippen LogP contribution in [0.25, 0.3) is 0 Å². The van der Waals surface area contributed by atoms with Crippen LogP contribution in [0, 0.1) is 22.2 Å². The number of benzene rings is 2. The summed E-state index contributed by atoms with van der Waals surface area (Å²) < 4.78 is 5.77. The van der Waals surface area contributed by atoms with E-state index in [1.807, 2.05) is 57.2 Å². The molecule has 0 heterocycles. The number of carbonyl (C=O) groups excluding carboxylic acids is 1. The fourth-order valence-electron chi connectivity index (χ4n) is 5.44. The highest BCUT2D eigenvalue weighted by Gasteiger charge is 2.71. The summed E-state index contributed by atoms with van der Waals surface area (Å²) in [5.41, 5.74) is -3.19. The first-order valence-electron chi connectivity index (χ1n) is 11.7. The van der Waals surface area contributed by atoms with Crippen molar-refractivity contribution in [3.05, 3.63) is 71.8 Å². The molecule has 2 aromatic rings. The van der Waals surface area contributed by atoms with Crippen molar-refractivity contribution in [3.63, 3.8) is 0 Å². The Morgan fingerprint density at radius 2 is 1.35 bits per heavy atom. The average molecular weight is 467 g/mol. The minimum Gasteiger partial charge on any atom is -0.480 e. The van der Waals surface area contributed by atoms with Crippen molar-refractivity contribution in [2.75, 3.05) is 0 Å². The summed E-state index contributed by atoms with van der Waals surface area (Å²) in [5.74, 6) is -4.37. The van der Waals surface area contributed by atoms with Crippen LogP contribution in [-0.2, 0) is 32.1 Å². The standard InChI is InChI=1S/C28H34O6/c1-26(2,3)19-27(17-20-11-6-4-7-12-20,25(33)34-18-21-13-8-5-9-14-21)28(23(29)30,24(31)32)22-15-10-16-22/h4-9,11-14,22H,10,15-19H2,1-3H3,(H,29,30)(H,31,32). The zero-order valence-corrected chi connectivity index (χ0v) is 20.1. The number of carbonyl (C=O) groups is 3. The molecule has 2 N–H and O–H groups in total. The second-order valence-electron chi connectivity index (χ2n) is 10.6. The van der Waals surface area contributed by atoms with E-state index in [4.69, 9.17) is 4.74 Å². The van der Waals surface area contributed by atoms with Gasteiger partial charge in [0.1, 0.15) is 6.61 Å². The van der Waals surface area contributed by atoms with Crippen molar-refractivity contribution in [2.45, 2.75) is 59.5 Å². The molecule has 0 spiro atoms. The summed E-state index contributed by atoms with van der Waals surface area (Å²) in [6.45, 7) is 5.63. The van der Waals surface area contributed by atoms with Gasteiger partial charge in [-0.2, -0.15) is 0 Å². The summed E-state index contributed by atoms with van der Waals surface area (Å²) in [4.78, 5) is 40.1. The van der Waals surface area contributed by atoms with Crippen LogP contribution in [0.5, 0.6) is 0 Å². The zero-order valence-electron chi connectivity index (χ0n) is 20.1. The first kappa shape index (κ1) is 25.5. The molecular weight excluding hydrogens is 432 g/mol. The molecule has 1 aliphatic carbocycles. The first-order valence-corrected chi connectivity index (χ1v) is 11.7. The number of ether oxygens (including phenoxy) is 1. The van der Waals surface area contributed by atoms with Crippen LogP contribution in [0.1, 0.15) is 57.6 Å². The van der Waals surface area contributed by atoms with Gasteiger partial charge < -0.3 is 14.9 Å². The minimum atomic E-state index is -2.30. The topological polar surface area (TPSA) is 101 Å². The molecule has 0 radical (unpaired) electrons. The number of rotatable bonds is 10. The molecule has 0 amide bonds. The second kappa shape index (κ2) is 10.00. The molecule has 3 rings (SSSR count). The lowest BCUT2D eigenvalue weighted by Crippen LogP contribution is -2.64. The van der Waals surface area contributed by atoms with Crippen molar-refractivity contribution < 1.29 is 29.3 Å². The van der Waals surface area contributed by atoms with Gasteiger partial charge in [0.05, 0.1) is 5.41 Å². The molecule has 1 saturated carbocycles. The van der Waals surface area contributed by atoms with E-state index in [1.54, 1.807) is 24.3 Å². The Balaban J connectivity index is 2.21. The second-order valence-corrected chi connectivity index (χ2v) is 10.6. The third-order valence-electron chi connectivity index (χ3n) is 6.93. The van der Waals surface area contributed by atoms with E-state index in [0.717, 1.165) is 12.0 Å². The van der Waals surface area contributed by atoms with Gasteiger partial charge in [0.25, 0.3) is 0 Å². The lowest BCUT2D eigenvalue weighted by atomic mass is 9.48. The van der Waals surface area contributed by atoms with E-state index < -0.39 is 40.1 Å². The molecule has 182 valence electrons. The molecule has 34 heavy (non-hydrogen) atoms. The van der Waals surface area contributed by atoms with E-state index in [0.29, 0.717) is 18.4 Å². The zero-order chi connectivity index (χ0) is 25.0. The van der Waals surface area contributed by atoms with Gasteiger partial charge in [0.15, 0.2) is 5.41 Å². The van der Waals surface area contributed by atoms with Gasteiger partial charge in [-0.25, -0.2) is 0 Å². The lowest BCUT2D eigenvalue weighted by molar-refractivity contribution is -0.203. The number of hydrogen-bond donors (Lipinski definition) is 2. The van der Waals surface area contributed by atoms with Crippen molar-refractivity contribution in [1.29, 1.82) is 0 Å². The predicted molar refractivity (Wildman–Crippen MR) is 128 cm³/mol. The predicted octanol–water partition coefficient (Wildman–Crippen LogP) is 5.35. The molecule has 1 unspecified atom stereocenters. The lowest BCUT2D eigenvalue weighted by Gasteiger charge is -2.52. The number of carboxylic acids is 2. The van der Waals surface area contributed by atoms with E-state index in [2.05, 4.69) is 0 Å². The van der Waals surface area contributed by atoms with Crippen molar-refractivity contribution in [1.82, 2.24) is 0 Å². The highest BCUT2D eigenvalue weighted by molar-refractivity contribution is 6.05. The SMILES string of the molecule is CC(C)(C)CC(Cc1ccccc1)(C(=O)OCc1ccccc1)C(C(=O)O)(C(=O)O)C1CCC1. The van der Waals surface area contributed by atoms with Gasteiger partial charge in [-0.15, -0.1) is 0 Å². The van der Waals surface area contributed by atoms with Gasteiger partial charge in [0, 0.05) is 0 Å². The van der Waals surface area contributed by atoms with Gasteiger partial charge in [-0.3, -0.25) is 14.4 Å². The number of carboxylic acid groups (broad SMARTS) is 2. The van der Waals surface area contributed by atoms with E-state index >= 15 is 0 Å². The molecule has 1 fully saturated rings. The Kier molecular flexibility index (Phi) is 7.49. The average Bonchev–Trinajstić information content (AvgIpc) is 2.73. The quantitative estimate of drug-likeness (QED) is 0.362. The fraction of sp³-hybridized carbons (Fsp3) is 0.464. The van der Waals surface area contributed by atoms with Crippen LogP contribution in [-0.4, -0.2) is 28.1 Å². The molecule has 0 bridgehead atoms. The first-order chi connectivity index (χ1) is 16.0. The number of aliphatic carboxylic acids is 2. The molecule has 2 aromatic carbocycles. The van der Waals surface area contributed by atoms with Gasteiger partial charge >= 0.3 is 17.9 Å². The van der Waals surface area contributed by atoms with E-state index in [9.17, 15) is 24.6 Å². The van der Waals surface area contributed by atoms with Crippen LogP contribution < -0.4 is 0 Å². The smallest absolute Gasteiger partial charge is 0.322 e. The molecule has 1 aliphatic rings. The van der Waals surface area contributed by atoms with Crippen molar-refractivity contribution >= 4 is 17.9 Å². The summed E-state index contributed by atoms with van der Waals surface area (Å²) >= 11 is 0. The van der Waals surface area contributed by atoms with Crippen molar-refractivity contribution in [3.8, 4) is 0 Å². The highest BCUT2D eigenvalue weighted by Crippen LogP contribution is 2.59. The maximum Gasteiger partial charge on any atom is 0.322 e. The monoisotopic (exact) mass is 466 g/mol. The Hall–Kier alpha value is -3.15. The summed E-state index contributed by atoms with van der Waals surface area (Å²) in [6.07, 6.45) is 1.66. The van der Waals surface area contributed by atoms with Crippen LogP contribution in [0.2, 0.25) is 0 Å². The molecule has 1 atom stereocenters. The highest BCUT2D eigenvalue weighted by atomic mass is 16.5. The molecular formula is C28H34O6. The Morgan fingerprint density at radius 3 is 1.76 bits per heavy atom. The number of esters is 1. The summed E-state index contributed by atoms with van der Waals surface area (Å²) in [6, 6.07) is 18.2. The maximum atomic E-state index is 14.1. The van der Waals surface area contributed by atoms with Crippen LogP contribution in [0.15, 0.2) is 60.7 Å². The number of hydrogen-bond acceptors (Lipinski definition) is 4. The fourth-order valence-corrected chi connectivity index (χ4v) is 5.44. The van der Waals surface area contributed by atoms with Crippen LogP contribution in [0.4, 0.5) is 0 Å². The minimum absolute atomic E-state index is 0.0339. The third kappa shape index (κ3) is 4.86. The molecule has 6 nitrogen and oxygen atoms in total. The van der Waals surface area contributed by atoms with E-state index in [-0.39, 0.29) is 19.4 Å². The molecule has 6 heteroatoms. The van der Waals surface area contributed by atoms with Gasteiger partial charge in [-0.1, -0.05) is 87.9 Å². The normalized spacial score (nSPS) is 16.2. The van der Waals surface area contributed by atoms with Crippen LogP contribution in [0.3, 0.4) is 0 Å². The van der Waals surface area contributed by atoms with Gasteiger partial charge in [-0.05, 0) is 48.1 Å². The third-order valence-corrected chi connectivity index (χ3v) is 6.93. The van der Waals surface area contributed by atoms with Crippen LogP contribution >= 0.6 is 0 Å². The van der Waals surface area contributed by atoms with Crippen molar-refractivity contribution in [2.24, 2.45) is 22.2 Å². The summed E-state index contributed by atoms with van der Waals surface area (Å²) in [7, 11) is 0. The van der Waals surface area contributed by atoms with Gasteiger partial charge in [0.2, 0.25) is 0 Å².